The molecule has 0 aromatic carbocycles. The van der Waals surface area contributed by atoms with E-state index in [1.165, 1.54) is 4.90 Å². The van der Waals surface area contributed by atoms with Gasteiger partial charge in [-0.2, -0.15) is 0 Å². The van der Waals surface area contributed by atoms with Crippen LogP contribution in [0.1, 0.15) is 38.5 Å². The van der Waals surface area contributed by atoms with Crippen LogP contribution in [0, 0.1) is 0 Å². The lowest BCUT2D eigenvalue weighted by Crippen LogP contribution is -2.44. The molecule has 3 aliphatic rings. The van der Waals surface area contributed by atoms with Crippen molar-refractivity contribution in [3.8, 4) is 0 Å². The molecule has 20 heavy (non-hydrogen) atoms. The van der Waals surface area contributed by atoms with Crippen molar-refractivity contribution in [2.24, 2.45) is 0 Å². The zero-order valence-electron chi connectivity index (χ0n) is 11.1. The first-order valence-electron chi connectivity index (χ1n) is 7.04. The molecule has 1 spiro atoms. The first kappa shape index (κ1) is 13.4. The van der Waals surface area contributed by atoms with Crippen molar-refractivity contribution in [2.75, 3.05) is 6.54 Å². The molecular formula is C13H18N2O5. The third kappa shape index (κ3) is 2.06. The fraction of sp³-hybridized carbons (Fsp3) is 0.769. The van der Waals surface area contributed by atoms with E-state index in [9.17, 15) is 14.4 Å². The Morgan fingerprint density at radius 1 is 1.35 bits per heavy atom. The van der Waals surface area contributed by atoms with Gasteiger partial charge in [-0.05, 0) is 25.7 Å². The summed E-state index contributed by atoms with van der Waals surface area (Å²) in [6.07, 6.45) is 3.07. The van der Waals surface area contributed by atoms with Crippen molar-refractivity contribution < 1.29 is 24.2 Å². The van der Waals surface area contributed by atoms with Crippen LogP contribution in [0.4, 0.5) is 4.79 Å². The normalized spacial score (nSPS) is 32.1. The van der Waals surface area contributed by atoms with Gasteiger partial charge in [0.2, 0.25) is 0 Å². The van der Waals surface area contributed by atoms with Crippen molar-refractivity contribution in [2.45, 2.75) is 56.3 Å². The Labute approximate surface area is 116 Å². The van der Waals surface area contributed by atoms with Crippen LogP contribution in [0.15, 0.2) is 0 Å². The number of hydrogen-bond acceptors (Lipinski definition) is 4. The Balaban J connectivity index is 1.65. The highest BCUT2D eigenvalue weighted by molar-refractivity contribution is 6.07. The minimum absolute atomic E-state index is 0.149. The number of carbonyl (C=O) groups is 3. The molecule has 0 aromatic rings. The zero-order valence-corrected chi connectivity index (χ0v) is 11.1. The topological polar surface area (TPSA) is 95.9 Å². The summed E-state index contributed by atoms with van der Waals surface area (Å²) < 4.78 is 5.36. The largest absolute Gasteiger partial charge is 0.479 e. The lowest BCUT2D eigenvalue weighted by molar-refractivity contribution is -0.149. The maximum absolute atomic E-state index is 12.4. The summed E-state index contributed by atoms with van der Waals surface area (Å²) in [5.74, 6) is -1.17. The highest BCUT2D eigenvalue weighted by atomic mass is 16.5. The molecule has 2 heterocycles. The van der Waals surface area contributed by atoms with Gasteiger partial charge in [-0.3, -0.25) is 9.69 Å². The fourth-order valence-corrected chi connectivity index (χ4v) is 3.38. The summed E-state index contributed by atoms with van der Waals surface area (Å²) in [6.45, 7) is 0.149. The maximum Gasteiger partial charge on any atom is 0.332 e. The lowest BCUT2D eigenvalue weighted by Gasteiger charge is -2.21. The quantitative estimate of drug-likeness (QED) is 0.734. The van der Waals surface area contributed by atoms with Crippen molar-refractivity contribution >= 4 is 17.9 Å². The summed E-state index contributed by atoms with van der Waals surface area (Å²) in [5.41, 5.74) is -0.706. The summed E-state index contributed by atoms with van der Waals surface area (Å²) in [4.78, 5) is 36.4. The Bertz CT molecular complexity index is 458. The Morgan fingerprint density at radius 2 is 2.05 bits per heavy atom. The van der Waals surface area contributed by atoms with E-state index in [0.29, 0.717) is 25.7 Å². The number of hydrogen-bond donors (Lipinski definition) is 2. The molecule has 2 atom stereocenters. The second-order valence-electron chi connectivity index (χ2n) is 5.80. The molecule has 2 saturated heterocycles. The van der Waals surface area contributed by atoms with Crippen LogP contribution in [-0.4, -0.2) is 52.2 Å². The first-order chi connectivity index (χ1) is 9.52. The average molecular weight is 282 g/mol. The Hall–Kier alpha value is -1.63. The molecule has 3 fully saturated rings. The van der Waals surface area contributed by atoms with Crippen LogP contribution in [-0.2, 0) is 14.3 Å². The van der Waals surface area contributed by atoms with Crippen molar-refractivity contribution in [3.63, 3.8) is 0 Å². The van der Waals surface area contributed by atoms with Gasteiger partial charge in [-0.1, -0.05) is 12.8 Å². The smallest absolute Gasteiger partial charge is 0.332 e. The van der Waals surface area contributed by atoms with Crippen molar-refractivity contribution in [1.29, 1.82) is 0 Å². The standard InChI is InChI=1S/C13H18N2O5/c16-10(17)9-4-3-8(20-9)7-15-11(18)13(14-12(15)19)5-1-2-6-13/h8-9H,1-7H2,(H,14,19)(H,16,17). The molecule has 1 saturated carbocycles. The number of nitrogens with zero attached hydrogens (tertiary/aromatic N) is 1. The molecule has 2 N–H and O–H groups in total. The predicted octanol–water partition coefficient (Wildman–Crippen LogP) is 0.483. The lowest BCUT2D eigenvalue weighted by atomic mass is 9.98. The monoisotopic (exact) mass is 282 g/mol. The molecule has 0 aromatic heterocycles. The Kier molecular flexibility index (Phi) is 3.16. The number of carboxylic acids is 1. The predicted molar refractivity (Wildman–Crippen MR) is 67.0 cm³/mol. The van der Waals surface area contributed by atoms with Crippen LogP contribution in [0.5, 0.6) is 0 Å². The van der Waals surface area contributed by atoms with Gasteiger partial charge in [0.1, 0.15) is 5.54 Å². The van der Waals surface area contributed by atoms with Gasteiger partial charge in [-0.15, -0.1) is 0 Å². The SMILES string of the molecule is O=C(O)C1CCC(CN2C(=O)NC3(CCCC3)C2=O)O1. The van der Waals surface area contributed by atoms with E-state index in [1.807, 2.05) is 0 Å². The Morgan fingerprint density at radius 3 is 2.65 bits per heavy atom. The van der Waals surface area contributed by atoms with Crippen LogP contribution in [0.25, 0.3) is 0 Å². The van der Waals surface area contributed by atoms with Gasteiger partial charge < -0.3 is 15.2 Å². The number of imide groups is 1. The van der Waals surface area contributed by atoms with Crippen LogP contribution in [0.2, 0.25) is 0 Å². The number of carbonyl (C=O) groups excluding carboxylic acids is 2. The van der Waals surface area contributed by atoms with E-state index in [0.717, 1.165) is 12.8 Å². The van der Waals surface area contributed by atoms with E-state index in [2.05, 4.69) is 5.32 Å². The molecule has 0 bridgehead atoms. The molecule has 3 amide bonds. The maximum atomic E-state index is 12.4. The molecule has 110 valence electrons. The molecule has 3 rings (SSSR count). The molecular weight excluding hydrogens is 264 g/mol. The minimum Gasteiger partial charge on any atom is -0.479 e. The summed E-state index contributed by atoms with van der Waals surface area (Å²) in [5, 5.41) is 11.7. The van der Waals surface area contributed by atoms with Crippen LogP contribution >= 0.6 is 0 Å². The van der Waals surface area contributed by atoms with Crippen LogP contribution in [0.3, 0.4) is 0 Å². The van der Waals surface area contributed by atoms with Crippen molar-refractivity contribution in [3.05, 3.63) is 0 Å². The number of rotatable bonds is 3. The molecule has 2 aliphatic heterocycles. The molecule has 0 radical (unpaired) electrons. The van der Waals surface area contributed by atoms with Gasteiger partial charge in [0.25, 0.3) is 5.91 Å². The number of amides is 3. The van der Waals surface area contributed by atoms with E-state index in [-0.39, 0.29) is 24.6 Å². The second-order valence-corrected chi connectivity index (χ2v) is 5.80. The fourth-order valence-electron chi connectivity index (χ4n) is 3.38. The summed E-state index contributed by atoms with van der Waals surface area (Å²) in [6, 6.07) is -0.376. The molecule has 1 aliphatic carbocycles. The van der Waals surface area contributed by atoms with Gasteiger partial charge in [0.05, 0.1) is 12.6 Å². The molecule has 7 nitrogen and oxygen atoms in total. The second kappa shape index (κ2) is 4.73. The minimum atomic E-state index is -0.989. The van der Waals surface area contributed by atoms with Gasteiger partial charge >= 0.3 is 12.0 Å². The van der Waals surface area contributed by atoms with E-state index < -0.39 is 17.6 Å². The van der Waals surface area contributed by atoms with E-state index >= 15 is 0 Å². The summed E-state index contributed by atoms with van der Waals surface area (Å²) in [7, 11) is 0. The zero-order chi connectivity index (χ0) is 14.3. The number of carboxylic acid groups (broad SMARTS) is 1. The van der Waals surface area contributed by atoms with Crippen LogP contribution < -0.4 is 5.32 Å². The molecule has 7 heteroatoms. The highest BCUT2D eigenvalue weighted by Crippen LogP contribution is 2.35. The van der Waals surface area contributed by atoms with E-state index in [4.69, 9.17) is 9.84 Å². The summed E-state index contributed by atoms with van der Waals surface area (Å²) >= 11 is 0. The number of aliphatic carboxylic acids is 1. The number of urea groups is 1. The third-order valence-corrected chi connectivity index (χ3v) is 4.47. The molecule has 2 unspecified atom stereocenters. The highest BCUT2D eigenvalue weighted by Gasteiger charge is 2.53. The first-order valence-corrected chi connectivity index (χ1v) is 7.04. The average Bonchev–Trinajstić information content (AvgIpc) is 3.08. The number of ether oxygens (including phenoxy) is 1. The van der Waals surface area contributed by atoms with Gasteiger partial charge in [0, 0.05) is 0 Å². The van der Waals surface area contributed by atoms with Gasteiger partial charge in [0.15, 0.2) is 6.10 Å². The third-order valence-electron chi connectivity index (χ3n) is 4.47. The van der Waals surface area contributed by atoms with E-state index in [1.54, 1.807) is 0 Å². The van der Waals surface area contributed by atoms with Gasteiger partial charge in [-0.25, -0.2) is 9.59 Å². The van der Waals surface area contributed by atoms with Crippen molar-refractivity contribution in [1.82, 2.24) is 10.2 Å². The number of nitrogens with one attached hydrogen (secondary N) is 1.